The van der Waals surface area contributed by atoms with E-state index in [0.29, 0.717) is 5.69 Å². The minimum atomic E-state index is -1.21. The third kappa shape index (κ3) is 6.90. The summed E-state index contributed by atoms with van der Waals surface area (Å²) in [7, 11) is 0. The highest BCUT2D eigenvalue weighted by atomic mass is 16.5. The Hall–Kier alpha value is -3.10. The Morgan fingerprint density at radius 2 is 1.64 bits per heavy atom. The lowest BCUT2D eigenvalue weighted by Gasteiger charge is -2.22. The molecule has 0 aromatic heterocycles. The van der Waals surface area contributed by atoms with Gasteiger partial charge in [-0.05, 0) is 25.0 Å². The average molecular weight is 350 g/mol. The minimum absolute atomic E-state index is 0.395. The number of ether oxygens (including phenoxy) is 1. The number of rotatable bonds is 6. The number of benzene rings is 1. The summed E-state index contributed by atoms with van der Waals surface area (Å²) in [4.78, 5) is 46.5. The van der Waals surface area contributed by atoms with Gasteiger partial charge in [0.05, 0.1) is 0 Å². The molecule has 0 aliphatic rings. The van der Waals surface area contributed by atoms with Crippen molar-refractivity contribution in [2.45, 2.75) is 32.9 Å². The molecule has 25 heavy (non-hydrogen) atoms. The molecule has 0 bridgehead atoms. The van der Waals surface area contributed by atoms with Crippen molar-refractivity contribution in [3.63, 3.8) is 0 Å². The lowest BCUT2D eigenvalue weighted by molar-refractivity contribution is -0.159. The van der Waals surface area contributed by atoms with Crippen molar-refractivity contribution in [2.75, 3.05) is 5.32 Å². The largest absolute Gasteiger partial charge is 0.450 e. The van der Waals surface area contributed by atoms with Crippen molar-refractivity contribution >= 4 is 29.6 Å². The van der Waals surface area contributed by atoms with E-state index >= 15 is 0 Å². The van der Waals surface area contributed by atoms with Gasteiger partial charge in [0, 0.05) is 5.69 Å². The topological polar surface area (TPSA) is 140 Å². The number of carbonyl (C=O) groups is 4. The Labute approximate surface area is 145 Å². The molecule has 0 spiro atoms. The Morgan fingerprint density at radius 3 is 2.16 bits per heavy atom. The molecule has 5 amide bonds. The molecule has 1 aromatic rings. The fraction of sp³-hybridized carbons (Fsp3) is 0.375. The first-order valence-corrected chi connectivity index (χ1v) is 7.64. The standard InChI is InChI=1S/C16H22N4O5/c1-9(2)12(13(21)20-15(17)23)25-14(22)10(3)18-16(24)19-11-7-5-4-6-8-11/h4-10,12H,1-3H3,(H2,18,19,24)(H3,17,20,21,23)/t10-,12-/m0/s1. The number of nitrogens with one attached hydrogen (secondary N) is 3. The summed E-state index contributed by atoms with van der Waals surface area (Å²) in [6, 6.07) is 6.02. The predicted molar refractivity (Wildman–Crippen MR) is 90.5 cm³/mol. The zero-order valence-electron chi connectivity index (χ0n) is 14.2. The van der Waals surface area contributed by atoms with Crippen molar-refractivity contribution in [1.82, 2.24) is 10.6 Å². The molecule has 0 aliphatic carbocycles. The first kappa shape index (κ1) is 19.9. The third-order valence-electron chi connectivity index (χ3n) is 3.09. The molecule has 1 rings (SSSR count). The molecule has 136 valence electrons. The number of amides is 5. The Balaban J connectivity index is 2.60. The minimum Gasteiger partial charge on any atom is -0.450 e. The van der Waals surface area contributed by atoms with Crippen LogP contribution in [0.2, 0.25) is 0 Å². The van der Waals surface area contributed by atoms with Gasteiger partial charge in [-0.15, -0.1) is 0 Å². The maximum absolute atomic E-state index is 12.1. The van der Waals surface area contributed by atoms with Gasteiger partial charge in [-0.25, -0.2) is 14.4 Å². The highest BCUT2D eigenvalue weighted by molar-refractivity contribution is 5.97. The monoisotopic (exact) mass is 350 g/mol. The second kappa shape index (κ2) is 9.26. The number of carbonyl (C=O) groups excluding carboxylic acids is 4. The highest BCUT2D eigenvalue weighted by Crippen LogP contribution is 2.09. The third-order valence-corrected chi connectivity index (χ3v) is 3.09. The number of imide groups is 1. The van der Waals surface area contributed by atoms with Crippen LogP contribution in [0.15, 0.2) is 30.3 Å². The fourth-order valence-electron chi connectivity index (χ4n) is 1.86. The molecule has 0 fully saturated rings. The molecular formula is C16H22N4O5. The van der Waals surface area contributed by atoms with Gasteiger partial charge in [-0.3, -0.25) is 10.1 Å². The van der Waals surface area contributed by atoms with Crippen LogP contribution >= 0.6 is 0 Å². The highest BCUT2D eigenvalue weighted by Gasteiger charge is 2.29. The molecule has 2 atom stereocenters. The zero-order chi connectivity index (χ0) is 19.0. The van der Waals surface area contributed by atoms with E-state index in [1.165, 1.54) is 6.92 Å². The van der Waals surface area contributed by atoms with Crippen molar-refractivity contribution in [3.8, 4) is 0 Å². The predicted octanol–water partition coefficient (Wildman–Crippen LogP) is 0.959. The van der Waals surface area contributed by atoms with E-state index in [9.17, 15) is 19.2 Å². The quantitative estimate of drug-likeness (QED) is 0.566. The SMILES string of the molecule is CC(C)[C@H](OC(=O)[C@H](C)NC(=O)Nc1ccccc1)C(=O)NC(N)=O. The maximum atomic E-state index is 12.1. The second-order valence-corrected chi connectivity index (χ2v) is 5.64. The Bertz CT molecular complexity index is 633. The Morgan fingerprint density at radius 1 is 1.04 bits per heavy atom. The molecule has 0 saturated heterocycles. The van der Waals surface area contributed by atoms with Gasteiger partial charge >= 0.3 is 18.0 Å². The smallest absolute Gasteiger partial charge is 0.329 e. The summed E-state index contributed by atoms with van der Waals surface area (Å²) in [5.74, 6) is -2.04. The number of urea groups is 2. The van der Waals surface area contributed by atoms with Crippen LogP contribution in [0.1, 0.15) is 20.8 Å². The number of anilines is 1. The van der Waals surface area contributed by atoms with Crippen LogP contribution in [-0.4, -0.2) is 36.1 Å². The molecule has 0 heterocycles. The number of esters is 1. The van der Waals surface area contributed by atoms with E-state index in [1.807, 2.05) is 5.32 Å². The molecule has 1 aromatic carbocycles. The summed E-state index contributed by atoms with van der Waals surface area (Å²) >= 11 is 0. The van der Waals surface area contributed by atoms with Gasteiger partial charge in [-0.1, -0.05) is 32.0 Å². The lowest BCUT2D eigenvalue weighted by Crippen LogP contribution is -2.48. The number of para-hydroxylation sites is 1. The lowest BCUT2D eigenvalue weighted by atomic mass is 10.1. The molecule has 0 saturated carbocycles. The van der Waals surface area contributed by atoms with Crippen molar-refractivity contribution in [1.29, 1.82) is 0 Å². The zero-order valence-corrected chi connectivity index (χ0v) is 14.2. The van der Waals surface area contributed by atoms with E-state index in [-0.39, 0.29) is 0 Å². The average Bonchev–Trinajstić information content (AvgIpc) is 2.51. The summed E-state index contributed by atoms with van der Waals surface area (Å²) in [6.45, 7) is 4.69. The fourth-order valence-corrected chi connectivity index (χ4v) is 1.86. The molecule has 0 unspecified atom stereocenters. The van der Waals surface area contributed by atoms with E-state index in [1.54, 1.807) is 44.2 Å². The summed E-state index contributed by atoms with van der Waals surface area (Å²) in [5, 5.41) is 6.82. The molecule has 0 radical (unpaired) electrons. The molecule has 5 N–H and O–H groups in total. The number of hydrogen-bond acceptors (Lipinski definition) is 5. The van der Waals surface area contributed by atoms with Crippen LogP contribution in [0.4, 0.5) is 15.3 Å². The van der Waals surface area contributed by atoms with Gasteiger partial charge in [0.2, 0.25) is 0 Å². The number of primary amides is 1. The van der Waals surface area contributed by atoms with Gasteiger partial charge in [0.1, 0.15) is 6.04 Å². The molecule has 9 nitrogen and oxygen atoms in total. The van der Waals surface area contributed by atoms with Crippen molar-refractivity contribution < 1.29 is 23.9 Å². The maximum Gasteiger partial charge on any atom is 0.329 e. The van der Waals surface area contributed by atoms with E-state index in [4.69, 9.17) is 10.5 Å². The van der Waals surface area contributed by atoms with E-state index in [0.717, 1.165) is 0 Å². The van der Waals surface area contributed by atoms with Crippen molar-refractivity contribution in [3.05, 3.63) is 30.3 Å². The first-order chi connectivity index (χ1) is 11.7. The van der Waals surface area contributed by atoms with Crippen LogP contribution in [0.3, 0.4) is 0 Å². The molecule has 0 aliphatic heterocycles. The van der Waals surface area contributed by atoms with Crippen LogP contribution in [0.25, 0.3) is 0 Å². The van der Waals surface area contributed by atoms with Crippen LogP contribution in [0, 0.1) is 5.92 Å². The second-order valence-electron chi connectivity index (χ2n) is 5.64. The van der Waals surface area contributed by atoms with Crippen LogP contribution < -0.4 is 21.7 Å². The number of hydrogen-bond donors (Lipinski definition) is 4. The van der Waals surface area contributed by atoms with Crippen LogP contribution in [0.5, 0.6) is 0 Å². The van der Waals surface area contributed by atoms with Gasteiger partial charge in [0.25, 0.3) is 5.91 Å². The van der Waals surface area contributed by atoms with E-state index in [2.05, 4.69) is 10.6 Å². The number of nitrogens with two attached hydrogens (primary N) is 1. The normalized spacial score (nSPS) is 12.6. The van der Waals surface area contributed by atoms with Gasteiger partial charge in [0.15, 0.2) is 6.10 Å². The first-order valence-electron chi connectivity index (χ1n) is 7.64. The van der Waals surface area contributed by atoms with Gasteiger partial charge < -0.3 is 21.1 Å². The van der Waals surface area contributed by atoms with Crippen LogP contribution in [-0.2, 0) is 14.3 Å². The summed E-state index contributed by atoms with van der Waals surface area (Å²) < 4.78 is 5.09. The van der Waals surface area contributed by atoms with E-state index < -0.39 is 42.0 Å². The van der Waals surface area contributed by atoms with Crippen molar-refractivity contribution in [2.24, 2.45) is 11.7 Å². The molecular weight excluding hydrogens is 328 g/mol. The molecule has 9 heteroatoms. The Kier molecular flexibility index (Phi) is 7.39. The summed E-state index contributed by atoms with van der Waals surface area (Å²) in [6.07, 6.45) is -1.21. The summed E-state index contributed by atoms with van der Waals surface area (Å²) in [5.41, 5.74) is 5.44. The van der Waals surface area contributed by atoms with Gasteiger partial charge in [-0.2, -0.15) is 0 Å².